The maximum Gasteiger partial charge on any atom is 0.0624 e. The number of hydrogen-bond acceptors (Lipinski definition) is 1. The first-order valence-electron chi connectivity index (χ1n) is 6.73. The number of halogens is 2. The van der Waals surface area contributed by atoms with Crippen molar-refractivity contribution in [1.82, 2.24) is 0 Å². The van der Waals surface area contributed by atoms with Crippen LogP contribution in [0.5, 0.6) is 0 Å². The van der Waals surface area contributed by atoms with Gasteiger partial charge in [-0.05, 0) is 49.6 Å². The number of benzene rings is 2. The Balaban J connectivity index is 2.34. The van der Waals surface area contributed by atoms with Gasteiger partial charge in [0.05, 0.1) is 10.0 Å². The van der Waals surface area contributed by atoms with Gasteiger partial charge in [0.25, 0.3) is 0 Å². The fourth-order valence-electron chi connectivity index (χ4n) is 2.49. The summed E-state index contributed by atoms with van der Waals surface area (Å²) in [7, 11) is 0. The van der Waals surface area contributed by atoms with E-state index in [1.807, 2.05) is 18.2 Å². The molecule has 0 aliphatic heterocycles. The molecule has 0 bridgehead atoms. The standard InChI is InChI=1S/C17H19Cl2N/c1-11-6-7-12(2)15(8-11)14(10-20)9-13-4-3-5-16(18)17(13)19/h3-8,14H,9-10,20H2,1-2H3. The van der Waals surface area contributed by atoms with Gasteiger partial charge < -0.3 is 5.73 Å². The lowest BCUT2D eigenvalue weighted by Gasteiger charge is -2.19. The van der Waals surface area contributed by atoms with E-state index in [0.29, 0.717) is 16.6 Å². The van der Waals surface area contributed by atoms with Gasteiger partial charge in [0.15, 0.2) is 0 Å². The lowest BCUT2D eigenvalue weighted by Crippen LogP contribution is -2.16. The Hall–Kier alpha value is -1.02. The molecule has 1 unspecified atom stereocenters. The summed E-state index contributed by atoms with van der Waals surface area (Å²) < 4.78 is 0. The maximum absolute atomic E-state index is 6.28. The molecule has 0 fully saturated rings. The van der Waals surface area contributed by atoms with Crippen LogP contribution in [0.3, 0.4) is 0 Å². The lowest BCUT2D eigenvalue weighted by atomic mass is 9.88. The second-order valence-corrected chi connectivity index (χ2v) is 5.99. The summed E-state index contributed by atoms with van der Waals surface area (Å²) in [6.07, 6.45) is 0.806. The van der Waals surface area contributed by atoms with E-state index in [0.717, 1.165) is 12.0 Å². The average Bonchev–Trinajstić information content (AvgIpc) is 2.43. The van der Waals surface area contributed by atoms with Gasteiger partial charge in [-0.25, -0.2) is 0 Å². The van der Waals surface area contributed by atoms with Gasteiger partial charge >= 0.3 is 0 Å². The molecular formula is C17H19Cl2N. The van der Waals surface area contributed by atoms with Crippen LogP contribution in [-0.2, 0) is 6.42 Å². The van der Waals surface area contributed by atoms with E-state index >= 15 is 0 Å². The molecule has 106 valence electrons. The molecule has 0 radical (unpaired) electrons. The zero-order chi connectivity index (χ0) is 14.7. The molecule has 1 atom stereocenters. The van der Waals surface area contributed by atoms with Gasteiger partial charge in [-0.15, -0.1) is 0 Å². The van der Waals surface area contributed by atoms with Crippen molar-refractivity contribution in [2.75, 3.05) is 6.54 Å². The van der Waals surface area contributed by atoms with E-state index < -0.39 is 0 Å². The Morgan fingerprint density at radius 3 is 2.55 bits per heavy atom. The predicted molar refractivity (Wildman–Crippen MR) is 87.9 cm³/mol. The Labute approximate surface area is 130 Å². The Morgan fingerprint density at radius 1 is 1.10 bits per heavy atom. The van der Waals surface area contributed by atoms with Crippen molar-refractivity contribution in [3.8, 4) is 0 Å². The molecule has 0 heterocycles. The van der Waals surface area contributed by atoms with Crippen LogP contribution in [0.25, 0.3) is 0 Å². The Morgan fingerprint density at radius 2 is 1.85 bits per heavy atom. The largest absolute Gasteiger partial charge is 0.330 e. The van der Waals surface area contributed by atoms with Crippen molar-refractivity contribution in [2.45, 2.75) is 26.2 Å². The number of aryl methyl sites for hydroxylation is 2. The summed E-state index contributed by atoms with van der Waals surface area (Å²) in [6.45, 7) is 4.81. The van der Waals surface area contributed by atoms with Crippen LogP contribution in [0.15, 0.2) is 36.4 Å². The van der Waals surface area contributed by atoms with E-state index in [9.17, 15) is 0 Å². The van der Waals surface area contributed by atoms with Crippen molar-refractivity contribution in [1.29, 1.82) is 0 Å². The van der Waals surface area contributed by atoms with Gasteiger partial charge in [0, 0.05) is 5.92 Å². The van der Waals surface area contributed by atoms with Crippen LogP contribution in [0, 0.1) is 13.8 Å². The van der Waals surface area contributed by atoms with Crippen molar-refractivity contribution in [3.05, 3.63) is 68.7 Å². The summed E-state index contributed by atoms with van der Waals surface area (Å²) in [4.78, 5) is 0. The van der Waals surface area contributed by atoms with E-state index in [1.165, 1.54) is 16.7 Å². The summed E-state index contributed by atoms with van der Waals surface area (Å²) >= 11 is 12.4. The molecule has 3 heteroatoms. The fraction of sp³-hybridized carbons (Fsp3) is 0.294. The molecule has 2 aromatic rings. The SMILES string of the molecule is Cc1ccc(C)c(C(CN)Cc2cccc(Cl)c2Cl)c1. The molecule has 2 N–H and O–H groups in total. The van der Waals surface area contributed by atoms with Gasteiger partial charge in [-0.1, -0.05) is 59.1 Å². The van der Waals surface area contributed by atoms with Gasteiger partial charge in [-0.2, -0.15) is 0 Å². The molecule has 1 nitrogen and oxygen atoms in total. The van der Waals surface area contributed by atoms with Crippen LogP contribution in [0.1, 0.15) is 28.2 Å². The van der Waals surface area contributed by atoms with Crippen LogP contribution in [0.4, 0.5) is 0 Å². The summed E-state index contributed by atoms with van der Waals surface area (Å²) in [5, 5.41) is 1.24. The first-order chi connectivity index (χ1) is 9.52. The maximum atomic E-state index is 6.28. The number of nitrogens with two attached hydrogens (primary N) is 1. The third-order valence-electron chi connectivity index (χ3n) is 3.66. The van der Waals surface area contributed by atoms with Gasteiger partial charge in [-0.3, -0.25) is 0 Å². The third-order valence-corrected chi connectivity index (χ3v) is 4.52. The number of rotatable bonds is 4. The van der Waals surface area contributed by atoms with Gasteiger partial charge in [0.2, 0.25) is 0 Å². The van der Waals surface area contributed by atoms with Crippen molar-refractivity contribution in [2.24, 2.45) is 5.73 Å². The monoisotopic (exact) mass is 307 g/mol. The highest BCUT2D eigenvalue weighted by molar-refractivity contribution is 6.42. The predicted octanol–water partition coefficient (Wildman–Crippen LogP) is 4.90. The minimum absolute atomic E-state index is 0.255. The van der Waals surface area contributed by atoms with E-state index in [4.69, 9.17) is 28.9 Å². The van der Waals surface area contributed by atoms with E-state index in [2.05, 4.69) is 32.0 Å². The smallest absolute Gasteiger partial charge is 0.0624 e. The third kappa shape index (κ3) is 3.35. The highest BCUT2D eigenvalue weighted by Gasteiger charge is 2.15. The fourth-order valence-corrected chi connectivity index (χ4v) is 2.89. The minimum Gasteiger partial charge on any atom is -0.330 e. The quantitative estimate of drug-likeness (QED) is 0.854. The summed E-state index contributed by atoms with van der Waals surface area (Å²) in [5.41, 5.74) is 10.8. The molecule has 0 spiro atoms. The van der Waals surface area contributed by atoms with Crippen LogP contribution in [0.2, 0.25) is 10.0 Å². The molecule has 0 saturated heterocycles. The van der Waals surface area contributed by atoms with Crippen molar-refractivity contribution in [3.63, 3.8) is 0 Å². The molecule has 2 aromatic carbocycles. The second-order valence-electron chi connectivity index (χ2n) is 5.21. The van der Waals surface area contributed by atoms with E-state index in [1.54, 1.807) is 0 Å². The average molecular weight is 308 g/mol. The highest BCUT2D eigenvalue weighted by Crippen LogP contribution is 2.31. The molecule has 0 aromatic heterocycles. The topological polar surface area (TPSA) is 26.0 Å². The van der Waals surface area contributed by atoms with Gasteiger partial charge in [0.1, 0.15) is 0 Å². The first kappa shape index (κ1) is 15.4. The highest BCUT2D eigenvalue weighted by atomic mass is 35.5. The minimum atomic E-state index is 0.255. The molecular weight excluding hydrogens is 289 g/mol. The second kappa shape index (κ2) is 6.62. The molecule has 2 rings (SSSR count). The lowest BCUT2D eigenvalue weighted by molar-refractivity contribution is 0.689. The molecule has 0 aliphatic carbocycles. The zero-order valence-corrected chi connectivity index (χ0v) is 13.3. The Bertz CT molecular complexity index is 608. The normalized spacial score (nSPS) is 12.4. The van der Waals surface area contributed by atoms with E-state index in [-0.39, 0.29) is 5.92 Å². The molecule has 0 aliphatic rings. The summed E-state index contributed by atoms with van der Waals surface area (Å²) in [6, 6.07) is 12.2. The van der Waals surface area contributed by atoms with Crippen LogP contribution < -0.4 is 5.73 Å². The molecule has 0 saturated carbocycles. The van der Waals surface area contributed by atoms with Crippen LogP contribution >= 0.6 is 23.2 Å². The first-order valence-corrected chi connectivity index (χ1v) is 7.48. The van der Waals surface area contributed by atoms with Crippen molar-refractivity contribution < 1.29 is 0 Å². The Kier molecular flexibility index (Phi) is 5.09. The molecule has 0 amide bonds. The zero-order valence-electron chi connectivity index (χ0n) is 11.8. The van der Waals surface area contributed by atoms with Crippen LogP contribution in [-0.4, -0.2) is 6.54 Å². The summed E-state index contributed by atoms with van der Waals surface area (Å²) in [5.74, 6) is 0.255. The van der Waals surface area contributed by atoms with Crippen molar-refractivity contribution >= 4 is 23.2 Å². The number of hydrogen-bond donors (Lipinski definition) is 1. The molecule has 20 heavy (non-hydrogen) atoms.